The first-order valence-corrected chi connectivity index (χ1v) is 6.34. The van der Waals surface area contributed by atoms with Gasteiger partial charge in [-0.3, -0.25) is 4.79 Å². The summed E-state index contributed by atoms with van der Waals surface area (Å²) in [6.07, 6.45) is -4.44. The first kappa shape index (κ1) is 15.2. The van der Waals surface area contributed by atoms with Crippen molar-refractivity contribution in [2.45, 2.75) is 19.5 Å². The highest BCUT2D eigenvalue weighted by atomic mass is 19.4. The van der Waals surface area contributed by atoms with E-state index >= 15 is 0 Å². The smallest absolute Gasteiger partial charge is 0.294 e. The van der Waals surface area contributed by atoms with Crippen molar-refractivity contribution in [2.75, 3.05) is 0 Å². The summed E-state index contributed by atoms with van der Waals surface area (Å²) in [5.74, 6) is -1.02. The van der Waals surface area contributed by atoms with Crippen molar-refractivity contribution in [2.24, 2.45) is 0 Å². The van der Waals surface area contributed by atoms with Crippen LogP contribution in [0.15, 0.2) is 42.5 Å². The molecule has 1 nitrogen and oxygen atoms in total. The van der Waals surface area contributed by atoms with E-state index in [-0.39, 0.29) is 28.9 Å². The van der Waals surface area contributed by atoms with Gasteiger partial charge in [0.2, 0.25) is 0 Å². The molecule has 0 bridgehead atoms. The Labute approximate surface area is 119 Å². The third-order valence-corrected chi connectivity index (χ3v) is 3.13. The highest BCUT2D eigenvalue weighted by Gasteiger charge is 2.34. The maximum absolute atomic E-state index is 13.4. The molecule has 0 aliphatic rings. The molecule has 0 saturated heterocycles. The highest BCUT2D eigenvalue weighted by molar-refractivity contribution is 6.02. The summed E-state index contributed by atoms with van der Waals surface area (Å²) in [4.78, 5) is 11.9. The van der Waals surface area contributed by atoms with Crippen molar-refractivity contribution in [3.05, 3.63) is 59.4 Å². The van der Waals surface area contributed by atoms with Crippen LogP contribution in [0.25, 0.3) is 11.1 Å². The summed E-state index contributed by atoms with van der Waals surface area (Å²) in [7, 11) is 0. The Morgan fingerprint density at radius 3 is 2.33 bits per heavy atom. The van der Waals surface area contributed by atoms with Crippen LogP contribution >= 0.6 is 0 Å². The van der Waals surface area contributed by atoms with Crippen LogP contribution in [0, 0.1) is 5.82 Å². The van der Waals surface area contributed by atoms with Gasteiger partial charge in [-0.1, -0.05) is 25.1 Å². The number of carbonyl (C=O) groups is 1. The third kappa shape index (κ3) is 3.12. The van der Waals surface area contributed by atoms with Crippen molar-refractivity contribution < 1.29 is 22.4 Å². The Balaban J connectivity index is 2.73. The first-order valence-electron chi connectivity index (χ1n) is 6.34. The summed E-state index contributed by atoms with van der Waals surface area (Å²) < 4.78 is 52.6. The zero-order chi connectivity index (χ0) is 15.6. The van der Waals surface area contributed by atoms with E-state index in [1.165, 1.54) is 24.3 Å². The molecule has 0 heterocycles. The van der Waals surface area contributed by atoms with E-state index in [0.29, 0.717) is 0 Å². The number of carbonyl (C=O) groups excluding carboxylic acids is 1. The van der Waals surface area contributed by atoms with Crippen LogP contribution in [-0.4, -0.2) is 5.78 Å². The van der Waals surface area contributed by atoms with Crippen molar-refractivity contribution in [1.29, 1.82) is 0 Å². The number of ketones is 1. The Kier molecular flexibility index (Phi) is 4.11. The summed E-state index contributed by atoms with van der Waals surface area (Å²) >= 11 is 0. The number of Topliss-reactive ketones (excluding diaryl/α,β-unsaturated/α-hetero) is 1. The summed E-state index contributed by atoms with van der Waals surface area (Å²) in [5, 5.41) is 0. The predicted molar refractivity (Wildman–Crippen MR) is 71.5 cm³/mol. The van der Waals surface area contributed by atoms with Gasteiger partial charge in [-0.2, -0.15) is 13.2 Å². The van der Waals surface area contributed by atoms with E-state index < -0.39 is 17.6 Å². The van der Waals surface area contributed by atoms with Gasteiger partial charge in [0.05, 0.1) is 5.56 Å². The van der Waals surface area contributed by atoms with E-state index in [4.69, 9.17) is 0 Å². The summed E-state index contributed by atoms with van der Waals surface area (Å²) in [5.41, 5.74) is -1.02. The SMILES string of the molecule is CCC(=O)c1ccc(F)cc1-c1ccccc1C(F)(F)F. The molecule has 0 spiro atoms. The van der Waals surface area contributed by atoms with Gasteiger partial charge in [0.15, 0.2) is 5.78 Å². The zero-order valence-corrected chi connectivity index (χ0v) is 11.2. The first-order chi connectivity index (χ1) is 9.84. The van der Waals surface area contributed by atoms with Crippen molar-refractivity contribution in [3.63, 3.8) is 0 Å². The molecule has 0 saturated carbocycles. The number of hydrogen-bond donors (Lipinski definition) is 0. The van der Waals surface area contributed by atoms with E-state index in [9.17, 15) is 22.4 Å². The molecule has 0 aromatic heterocycles. The lowest BCUT2D eigenvalue weighted by molar-refractivity contribution is -0.137. The lowest BCUT2D eigenvalue weighted by atomic mass is 9.92. The molecule has 5 heteroatoms. The molecule has 2 aromatic carbocycles. The molecule has 0 unspecified atom stereocenters. The number of rotatable bonds is 3. The maximum atomic E-state index is 13.4. The van der Waals surface area contributed by atoms with Gasteiger partial charge in [0, 0.05) is 12.0 Å². The second-order valence-electron chi connectivity index (χ2n) is 4.51. The lowest BCUT2D eigenvalue weighted by Gasteiger charge is -2.15. The topological polar surface area (TPSA) is 17.1 Å². The Morgan fingerprint density at radius 1 is 1.05 bits per heavy atom. The summed E-state index contributed by atoms with van der Waals surface area (Å²) in [6.45, 7) is 1.60. The molecule has 110 valence electrons. The molecule has 0 fully saturated rings. The van der Waals surface area contributed by atoms with Gasteiger partial charge >= 0.3 is 6.18 Å². The zero-order valence-electron chi connectivity index (χ0n) is 11.2. The quantitative estimate of drug-likeness (QED) is 0.568. The number of halogens is 4. The average Bonchev–Trinajstić information content (AvgIpc) is 2.45. The third-order valence-electron chi connectivity index (χ3n) is 3.13. The Hall–Kier alpha value is -2.17. The minimum absolute atomic E-state index is 0.0326. The summed E-state index contributed by atoms with van der Waals surface area (Å²) in [6, 6.07) is 8.10. The second kappa shape index (κ2) is 5.68. The number of hydrogen-bond acceptors (Lipinski definition) is 1. The van der Waals surface area contributed by atoms with Crippen LogP contribution in [-0.2, 0) is 6.18 Å². The molecule has 0 aliphatic carbocycles. The molecule has 0 radical (unpaired) electrons. The largest absolute Gasteiger partial charge is 0.417 e. The number of benzene rings is 2. The Morgan fingerprint density at radius 2 is 1.71 bits per heavy atom. The number of alkyl halides is 3. The minimum Gasteiger partial charge on any atom is -0.294 e. The van der Waals surface area contributed by atoms with Gasteiger partial charge < -0.3 is 0 Å². The molecular formula is C16H12F4O. The Bertz CT molecular complexity index is 674. The second-order valence-corrected chi connectivity index (χ2v) is 4.51. The average molecular weight is 296 g/mol. The molecular weight excluding hydrogens is 284 g/mol. The molecule has 21 heavy (non-hydrogen) atoms. The van der Waals surface area contributed by atoms with Crippen molar-refractivity contribution in [1.82, 2.24) is 0 Å². The van der Waals surface area contributed by atoms with Gasteiger partial charge in [0.25, 0.3) is 0 Å². The normalized spacial score (nSPS) is 11.5. The van der Waals surface area contributed by atoms with Gasteiger partial charge in [-0.25, -0.2) is 4.39 Å². The van der Waals surface area contributed by atoms with E-state index in [0.717, 1.165) is 18.2 Å². The van der Waals surface area contributed by atoms with Crippen LogP contribution in [0.5, 0.6) is 0 Å². The van der Waals surface area contributed by atoms with Crippen LogP contribution in [0.4, 0.5) is 17.6 Å². The van der Waals surface area contributed by atoms with Crippen LogP contribution in [0.3, 0.4) is 0 Å². The molecule has 0 amide bonds. The van der Waals surface area contributed by atoms with Crippen LogP contribution in [0.1, 0.15) is 29.3 Å². The molecule has 2 aromatic rings. The lowest BCUT2D eigenvalue weighted by Crippen LogP contribution is -2.09. The van der Waals surface area contributed by atoms with Gasteiger partial charge in [0.1, 0.15) is 5.82 Å². The van der Waals surface area contributed by atoms with Gasteiger partial charge in [-0.05, 0) is 35.4 Å². The van der Waals surface area contributed by atoms with E-state index in [1.54, 1.807) is 6.92 Å². The van der Waals surface area contributed by atoms with Gasteiger partial charge in [-0.15, -0.1) is 0 Å². The van der Waals surface area contributed by atoms with E-state index in [2.05, 4.69) is 0 Å². The molecule has 0 N–H and O–H groups in total. The fourth-order valence-electron chi connectivity index (χ4n) is 2.14. The maximum Gasteiger partial charge on any atom is 0.417 e. The van der Waals surface area contributed by atoms with Crippen LogP contribution < -0.4 is 0 Å². The monoisotopic (exact) mass is 296 g/mol. The standard InChI is InChI=1S/C16H12F4O/c1-2-15(21)12-8-7-10(17)9-13(12)11-5-3-4-6-14(11)16(18,19)20/h3-9H,2H2,1H3. The highest BCUT2D eigenvalue weighted by Crippen LogP contribution is 2.38. The van der Waals surface area contributed by atoms with E-state index in [1.807, 2.05) is 0 Å². The molecule has 0 atom stereocenters. The predicted octanol–water partition coefficient (Wildman–Crippen LogP) is 5.10. The molecule has 0 aliphatic heterocycles. The van der Waals surface area contributed by atoms with Crippen molar-refractivity contribution >= 4 is 5.78 Å². The van der Waals surface area contributed by atoms with Crippen molar-refractivity contribution in [3.8, 4) is 11.1 Å². The van der Waals surface area contributed by atoms with Crippen LogP contribution in [0.2, 0.25) is 0 Å². The fraction of sp³-hybridized carbons (Fsp3) is 0.188. The minimum atomic E-state index is -4.57. The molecule has 2 rings (SSSR count). The fourth-order valence-corrected chi connectivity index (χ4v) is 2.14.